The van der Waals surface area contributed by atoms with Crippen LogP contribution in [0.4, 0.5) is 0 Å². The van der Waals surface area contributed by atoms with Gasteiger partial charge in [-0.15, -0.1) is 0 Å². The molecule has 88 valence electrons. The Morgan fingerprint density at radius 3 is 2.24 bits per heavy atom. The van der Waals surface area contributed by atoms with Crippen molar-refractivity contribution in [2.75, 3.05) is 0 Å². The zero-order valence-corrected chi connectivity index (χ0v) is 13.2. The van der Waals surface area contributed by atoms with Gasteiger partial charge in [0.2, 0.25) is 0 Å². The molecule has 0 saturated carbocycles. The molecule has 0 radical (unpaired) electrons. The molecule has 0 amide bonds. The first-order chi connectivity index (χ1) is 8.25. The number of halogens is 2. The van der Waals surface area contributed by atoms with E-state index in [0.29, 0.717) is 4.83 Å². The molecule has 0 fully saturated rings. The van der Waals surface area contributed by atoms with Crippen molar-refractivity contribution in [2.45, 2.75) is 17.7 Å². The predicted octanol–water partition coefficient (Wildman–Crippen LogP) is 5.36. The number of benzene rings is 2. The smallest absolute Gasteiger partial charge is 0.0398 e. The fourth-order valence-corrected chi connectivity index (χ4v) is 2.67. The molecule has 0 nitrogen and oxygen atoms in total. The zero-order valence-electron chi connectivity index (χ0n) is 9.44. The second-order valence-corrected chi connectivity index (χ2v) is 6.39. The van der Waals surface area contributed by atoms with Crippen LogP contribution in [0.2, 0.25) is 0 Å². The molecule has 1 atom stereocenters. The van der Waals surface area contributed by atoms with Gasteiger partial charge in [0.25, 0.3) is 0 Å². The topological polar surface area (TPSA) is 0 Å². The van der Waals surface area contributed by atoms with Crippen molar-refractivity contribution in [3.8, 4) is 0 Å². The first-order valence-corrected chi connectivity index (χ1v) is 7.68. The molecule has 0 bridgehead atoms. The van der Waals surface area contributed by atoms with Crippen LogP contribution in [0.25, 0.3) is 0 Å². The predicted molar refractivity (Wildman–Crippen MR) is 85.6 cm³/mol. The zero-order chi connectivity index (χ0) is 12.1. The van der Waals surface area contributed by atoms with Gasteiger partial charge in [-0.3, -0.25) is 0 Å². The highest BCUT2D eigenvalue weighted by Gasteiger charge is 2.06. The molecule has 0 aliphatic heterocycles. The van der Waals surface area contributed by atoms with Crippen LogP contribution in [-0.4, -0.2) is 0 Å². The van der Waals surface area contributed by atoms with E-state index < -0.39 is 0 Å². The summed E-state index contributed by atoms with van der Waals surface area (Å²) in [5.41, 5.74) is 2.77. The highest BCUT2D eigenvalue weighted by Crippen LogP contribution is 2.27. The van der Waals surface area contributed by atoms with Crippen molar-refractivity contribution >= 4 is 38.5 Å². The summed E-state index contributed by atoms with van der Waals surface area (Å²) in [6.07, 6.45) is 2.24. The Balaban J connectivity index is 1.92. The van der Waals surface area contributed by atoms with E-state index in [1.165, 1.54) is 14.7 Å². The maximum Gasteiger partial charge on any atom is 0.0398 e. The minimum absolute atomic E-state index is 0.447. The summed E-state index contributed by atoms with van der Waals surface area (Å²) in [5.74, 6) is 0. The van der Waals surface area contributed by atoms with Crippen molar-refractivity contribution in [3.63, 3.8) is 0 Å². The van der Waals surface area contributed by atoms with Gasteiger partial charge in [0.1, 0.15) is 0 Å². The molecular weight excluding hydrogens is 387 g/mol. The summed E-state index contributed by atoms with van der Waals surface area (Å²) in [5, 5.41) is 0. The number of hydrogen-bond acceptors (Lipinski definition) is 0. The normalized spacial score (nSPS) is 12.4. The summed E-state index contributed by atoms with van der Waals surface area (Å²) in [6.45, 7) is 0. The standard InChI is InChI=1S/C15H14BrI/c16-15(13-4-2-1-3-5-13)11-8-12-6-9-14(17)10-7-12/h1-7,9-10,15H,8,11H2. The van der Waals surface area contributed by atoms with E-state index in [-0.39, 0.29) is 0 Å². The van der Waals surface area contributed by atoms with Crippen LogP contribution in [0, 0.1) is 3.57 Å². The van der Waals surface area contributed by atoms with Crippen molar-refractivity contribution in [1.29, 1.82) is 0 Å². The third-order valence-corrected chi connectivity index (χ3v) is 4.47. The van der Waals surface area contributed by atoms with Crippen LogP contribution >= 0.6 is 38.5 Å². The van der Waals surface area contributed by atoms with E-state index in [1.54, 1.807) is 0 Å². The van der Waals surface area contributed by atoms with E-state index >= 15 is 0 Å². The lowest BCUT2D eigenvalue weighted by Crippen LogP contribution is -1.93. The van der Waals surface area contributed by atoms with Gasteiger partial charge in [0.15, 0.2) is 0 Å². The molecule has 17 heavy (non-hydrogen) atoms. The third-order valence-electron chi connectivity index (χ3n) is 2.76. The molecule has 1 unspecified atom stereocenters. The van der Waals surface area contributed by atoms with Gasteiger partial charge in [-0.25, -0.2) is 0 Å². The van der Waals surface area contributed by atoms with Gasteiger partial charge in [-0.2, -0.15) is 0 Å². The Hall–Kier alpha value is -0.350. The maximum absolute atomic E-state index is 3.76. The average Bonchev–Trinajstić information content (AvgIpc) is 2.39. The average molecular weight is 401 g/mol. The Kier molecular flexibility index (Phi) is 5.04. The van der Waals surface area contributed by atoms with E-state index in [4.69, 9.17) is 0 Å². The Bertz CT molecular complexity index is 450. The van der Waals surface area contributed by atoms with Crippen LogP contribution in [0.15, 0.2) is 54.6 Å². The van der Waals surface area contributed by atoms with Crippen molar-refractivity contribution < 1.29 is 0 Å². The van der Waals surface area contributed by atoms with E-state index in [0.717, 1.165) is 12.8 Å². The Morgan fingerprint density at radius 1 is 0.941 bits per heavy atom. The summed E-state index contributed by atoms with van der Waals surface area (Å²) in [7, 11) is 0. The van der Waals surface area contributed by atoms with Crippen molar-refractivity contribution in [3.05, 3.63) is 69.3 Å². The molecule has 0 spiro atoms. The van der Waals surface area contributed by atoms with Gasteiger partial charge in [-0.05, 0) is 58.7 Å². The minimum atomic E-state index is 0.447. The molecule has 2 rings (SSSR count). The number of rotatable bonds is 4. The maximum atomic E-state index is 3.76. The second-order valence-electron chi connectivity index (χ2n) is 4.04. The number of aryl methyl sites for hydroxylation is 1. The number of hydrogen-bond donors (Lipinski definition) is 0. The summed E-state index contributed by atoms with van der Waals surface area (Å²) >= 11 is 6.09. The van der Waals surface area contributed by atoms with Gasteiger partial charge in [-0.1, -0.05) is 58.4 Å². The van der Waals surface area contributed by atoms with Gasteiger partial charge >= 0.3 is 0 Å². The Labute approximate surface area is 125 Å². The number of alkyl halides is 1. The minimum Gasteiger partial charge on any atom is -0.0839 e. The highest BCUT2D eigenvalue weighted by molar-refractivity contribution is 14.1. The molecule has 0 N–H and O–H groups in total. The first kappa shape index (κ1) is 13.1. The summed E-state index contributed by atoms with van der Waals surface area (Å²) in [6, 6.07) is 19.4. The summed E-state index contributed by atoms with van der Waals surface area (Å²) in [4.78, 5) is 0.447. The SMILES string of the molecule is BrC(CCc1ccc(I)cc1)c1ccccc1. The second kappa shape index (κ2) is 6.55. The lowest BCUT2D eigenvalue weighted by molar-refractivity contribution is 0.813. The molecule has 0 heterocycles. The lowest BCUT2D eigenvalue weighted by atomic mass is 10.0. The van der Waals surface area contributed by atoms with E-state index in [1.807, 2.05) is 0 Å². The highest BCUT2D eigenvalue weighted by atomic mass is 127. The molecule has 0 saturated heterocycles. The summed E-state index contributed by atoms with van der Waals surface area (Å²) < 4.78 is 1.30. The molecule has 2 aromatic rings. The van der Waals surface area contributed by atoms with Crippen LogP contribution in [0.1, 0.15) is 22.4 Å². The molecule has 2 aromatic carbocycles. The monoisotopic (exact) mass is 400 g/mol. The fraction of sp³-hybridized carbons (Fsp3) is 0.200. The lowest BCUT2D eigenvalue weighted by Gasteiger charge is -2.10. The van der Waals surface area contributed by atoms with E-state index in [9.17, 15) is 0 Å². The third kappa shape index (κ3) is 4.11. The van der Waals surface area contributed by atoms with Crippen LogP contribution in [0.5, 0.6) is 0 Å². The fourth-order valence-electron chi connectivity index (χ4n) is 1.77. The van der Waals surface area contributed by atoms with Gasteiger partial charge in [0, 0.05) is 8.40 Å². The molecule has 0 aliphatic rings. The quantitative estimate of drug-likeness (QED) is 0.478. The largest absolute Gasteiger partial charge is 0.0839 e. The van der Waals surface area contributed by atoms with Gasteiger partial charge < -0.3 is 0 Å². The molecular formula is C15H14BrI. The molecule has 0 aliphatic carbocycles. The van der Waals surface area contributed by atoms with Crippen molar-refractivity contribution in [2.24, 2.45) is 0 Å². The van der Waals surface area contributed by atoms with Crippen molar-refractivity contribution in [1.82, 2.24) is 0 Å². The van der Waals surface area contributed by atoms with Crippen LogP contribution < -0.4 is 0 Å². The van der Waals surface area contributed by atoms with Crippen LogP contribution in [-0.2, 0) is 6.42 Å². The van der Waals surface area contributed by atoms with E-state index in [2.05, 4.69) is 93.1 Å². The molecule has 0 aromatic heterocycles. The first-order valence-electron chi connectivity index (χ1n) is 5.69. The Morgan fingerprint density at radius 2 is 1.59 bits per heavy atom. The van der Waals surface area contributed by atoms with Crippen LogP contribution in [0.3, 0.4) is 0 Å². The van der Waals surface area contributed by atoms with Gasteiger partial charge in [0.05, 0.1) is 0 Å². The molecule has 2 heteroatoms.